The minimum Gasteiger partial charge on any atom is -0.307 e. The van der Waals surface area contributed by atoms with Crippen molar-refractivity contribution in [2.24, 2.45) is 0 Å². The molecule has 0 bridgehead atoms. The molecule has 0 radical (unpaired) electrons. The summed E-state index contributed by atoms with van der Waals surface area (Å²) in [6.45, 7) is 14.9. The summed E-state index contributed by atoms with van der Waals surface area (Å²) in [4.78, 5) is 2.55. The summed E-state index contributed by atoms with van der Waals surface area (Å²) in [5.74, 6) is 0. The molecule has 0 aromatic heterocycles. The lowest BCUT2D eigenvalue weighted by Gasteiger charge is -2.34. The Balaban J connectivity index is 2.00. The number of hydrogen-bond acceptors (Lipinski definition) is 2. The van der Waals surface area contributed by atoms with Crippen LogP contribution in [0.2, 0.25) is 0 Å². The van der Waals surface area contributed by atoms with E-state index in [0.717, 1.165) is 0 Å². The summed E-state index contributed by atoms with van der Waals surface area (Å²) in [6.07, 6.45) is 2.56. The predicted molar refractivity (Wildman–Crippen MR) is 87.3 cm³/mol. The lowest BCUT2D eigenvalue weighted by atomic mass is 9.93. The summed E-state index contributed by atoms with van der Waals surface area (Å²) in [6, 6.07) is 5.74. The fraction of sp³-hybridized carbons (Fsp3) is 0.667. The van der Waals surface area contributed by atoms with Crippen molar-refractivity contribution in [2.75, 3.05) is 19.6 Å². The number of benzene rings is 1. The summed E-state index contributed by atoms with van der Waals surface area (Å²) in [7, 11) is 0. The van der Waals surface area contributed by atoms with Crippen molar-refractivity contribution in [2.45, 2.75) is 59.5 Å². The maximum atomic E-state index is 3.85. The third-order valence-corrected chi connectivity index (χ3v) is 4.69. The van der Waals surface area contributed by atoms with E-state index in [4.69, 9.17) is 0 Å². The second-order valence-electron chi connectivity index (χ2n) is 6.41. The molecule has 20 heavy (non-hydrogen) atoms. The van der Waals surface area contributed by atoms with Crippen LogP contribution in [0.1, 0.15) is 55.0 Å². The van der Waals surface area contributed by atoms with Gasteiger partial charge in [-0.2, -0.15) is 0 Å². The van der Waals surface area contributed by atoms with Crippen LogP contribution in [0.3, 0.4) is 0 Å². The van der Waals surface area contributed by atoms with Gasteiger partial charge in [0.2, 0.25) is 0 Å². The highest BCUT2D eigenvalue weighted by molar-refractivity contribution is 5.39. The molecule has 0 aliphatic carbocycles. The van der Waals surface area contributed by atoms with Crippen LogP contribution in [0.4, 0.5) is 0 Å². The van der Waals surface area contributed by atoms with Crippen LogP contribution in [-0.4, -0.2) is 30.6 Å². The van der Waals surface area contributed by atoms with Gasteiger partial charge in [0.05, 0.1) is 0 Å². The van der Waals surface area contributed by atoms with Gasteiger partial charge in [0.15, 0.2) is 0 Å². The zero-order valence-corrected chi connectivity index (χ0v) is 13.8. The van der Waals surface area contributed by atoms with Gasteiger partial charge in [-0.25, -0.2) is 0 Å². The number of rotatable bonds is 4. The third-order valence-electron chi connectivity index (χ3n) is 4.69. The predicted octanol–water partition coefficient (Wildman–Crippen LogP) is 3.75. The standard InChI is InChI=1S/C18H30N2/c1-6-20-9-7-17(8-10-20)19-16(5)18-14(3)11-13(2)12-15(18)4/h11-12,16-17,19H,6-10H2,1-5H3. The minimum atomic E-state index is 0.453. The maximum Gasteiger partial charge on any atom is 0.0299 e. The zero-order chi connectivity index (χ0) is 14.7. The average molecular weight is 274 g/mol. The maximum absolute atomic E-state index is 3.85. The van der Waals surface area contributed by atoms with E-state index >= 15 is 0 Å². The Labute approximate surface area is 124 Å². The van der Waals surface area contributed by atoms with Crippen LogP contribution in [0, 0.1) is 20.8 Å². The largest absolute Gasteiger partial charge is 0.307 e. The molecule has 0 amide bonds. The topological polar surface area (TPSA) is 15.3 Å². The van der Waals surface area contributed by atoms with Gasteiger partial charge in [-0.3, -0.25) is 0 Å². The molecule has 1 unspecified atom stereocenters. The van der Waals surface area contributed by atoms with E-state index in [2.05, 4.69) is 57.0 Å². The lowest BCUT2D eigenvalue weighted by Crippen LogP contribution is -2.43. The van der Waals surface area contributed by atoms with Crippen molar-refractivity contribution in [1.82, 2.24) is 10.2 Å². The van der Waals surface area contributed by atoms with Crippen LogP contribution in [0.15, 0.2) is 12.1 Å². The average Bonchev–Trinajstić information content (AvgIpc) is 2.38. The molecule has 1 atom stereocenters. The molecule has 2 heteroatoms. The first-order valence-corrected chi connectivity index (χ1v) is 8.07. The first-order valence-electron chi connectivity index (χ1n) is 8.07. The van der Waals surface area contributed by atoms with Crippen molar-refractivity contribution < 1.29 is 0 Å². The van der Waals surface area contributed by atoms with Crippen LogP contribution in [0.5, 0.6) is 0 Å². The number of aryl methyl sites for hydroxylation is 3. The summed E-state index contributed by atoms with van der Waals surface area (Å²) >= 11 is 0. The number of likely N-dealkylation sites (tertiary alicyclic amines) is 1. The Kier molecular flexibility index (Phi) is 5.22. The van der Waals surface area contributed by atoms with Crippen molar-refractivity contribution in [3.05, 3.63) is 34.4 Å². The second-order valence-corrected chi connectivity index (χ2v) is 6.41. The fourth-order valence-corrected chi connectivity index (χ4v) is 3.73. The van der Waals surface area contributed by atoms with E-state index < -0.39 is 0 Å². The van der Waals surface area contributed by atoms with E-state index in [-0.39, 0.29) is 0 Å². The van der Waals surface area contributed by atoms with Crippen molar-refractivity contribution in [3.8, 4) is 0 Å². The van der Waals surface area contributed by atoms with Crippen molar-refractivity contribution in [1.29, 1.82) is 0 Å². The molecule has 1 saturated heterocycles. The number of nitrogens with zero attached hydrogens (tertiary/aromatic N) is 1. The van der Waals surface area contributed by atoms with Gasteiger partial charge in [-0.1, -0.05) is 24.6 Å². The van der Waals surface area contributed by atoms with Crippen LogP contribution < -0.4 is 5.32 Å². The van der Waals surface area contributed by atoms with Gasteiger partial charge in [0.25, 0.3) is 0 Å². The normalized spacial score (nSPS) is 19.2. The lowest BCUT2D eigenvalue weighted by molar-refractivity contribution is 0.200. The Bertz CT molecular complexity index is 422. The molecule has 0 saturated carbocycles. The molecule has 1 aliphatic heterocycles. The Morgan fingerprint density at radius 2 is 1.70 bits per heavy atom. The van der Waals surface area contributed by atoms with Gasteiger partial charge in [-0.15, -0.1) is 0 Å². The van der Waals surface area contributed by atoms with Gasteiger partial charge in [0.1, 0.15) is 0 Å². The van der Waals surface area contributed by atoms with Gasteiger partial charge >= 0.3 is 0 Å². The Hall–Kier alpha value is -0.860. The molecule has 0 spiro atoms. The van der Waals surface area contributed by atoms with Crippen LogP contribution in [0.25, 0.3) is 0 Å². The molecular weight excluding hydrogens is 244 g/mol. The molecule has 1 aromatic rings. The molecule has 1 aromatic carbocycles. The van der Waals surface area contributed by atoms with E-state index in [9.17, 15) is 0 Å². The van der Waals surface area contributed by atoms with Crippen molar-refractivity contribution in [3.63, 3.8) is 0 Å². The molecule has 1 aliphatic rings. The van der Waals surface area contributed by atoms with E-state index in [1.165, 1.54) is 54.7 Å². The minimum absolute atomic E-state index is 0.453. The number of hydrogen-bond donors (Lipinski definition) is 1. The van der Waals surface area contributed by atoms with Gasteiger partial charge in [0, 0.05) is 12.1 Å². The van der Waals surface area contributed by atoms with Crippen LogP contribution >= 0.6 is 0 Å². The van der Waals surface area contributed by atoms with E-state index in [1.807, 2.05) is 0 Å². The van der Waals surface area contributed by atoms with Crippen molar-refractivity contribution >= 4 is 0 Å². The van der Waals surface area contributed by atoms with Crippen LogP contribution in [-0.2, 0) is 0 Å². The molecule has 1 N–H and O–H groups in total. The summed E-state index contributed by atoms with van der Waals surface area (Å²) in [5.41, 5.74) is 5.71. The Morgan fingerprint density at radius 3 is 2.20 bits per heavy atom. The summed E-state index contributed by atoms with van der Waals surface area (Å²) in [5, 5.41) is 3.85. The first kappa shape index (κ1) is 15.5. The zero-order valence-electron chi connectivity index (χ0n) is 13.8. The smallest absolute Gasteiger partial charge is 0.0299 e. The second kappa shape index (κ2) is 6.73. The molecule has 2 rings (SSSR count). The van der Waals surface area contributed by atoms with Gasteiger partial charge in [-0.05, 0) is 76.9 Å². The highest BCUT2D eigenvalue weighted by atomic mass is 15.1. The molecule has 1 fully saturated rings. The highest BCUT2D eigenvalue weighted by Crippen LogP contribution is 2.25. The molecule has 2 nitrogen and oxygen atoms in total. The Morgan fingerprint density at radius 1 is 1.15 bits per heavy atom. The monoisotopic (exact) mass is 274 g/mol. The SMILES string of the molecule is CCN1CCC(NC(C)c2c(C)cc(C)cc2C)CC1. The summed E-state index contributed by atoms with van der Waals surface area (Å²) < 4.78 is 0. The van der Waals surface area contributed by atoms with E-state index in [0.29, 0.717) is 12.1 Å². The number of nitrogens with one attached hydrogen (secondary N) is 1. The van der Waals surface area contributed by atoms with Gasteiger partial charge < -0.3 is 10.2 Å². The van der Waals surface area contributed by atoms with E-state index in [1.54, 1.807) is 0 Å². The quantitative estimate of drug-likeness (QED) is 0.899. The number of piperidine rings is 1. The molecule has 1 heterocycles. The molecular formula is C18H30N2. The molecule has 112 valence electrons. The fourth-order valence-electron chi connectivity index (χ4n) is 3.73. The third kappa shape index (κ3) is 3.62. The first-order chi connectivity index (χ1) is 9.51. The highest BCUT2D eigenvalue weighted by Gasteiger charge is 2.21.